The number of nitrogens with one attached hydrogen (secondary N) is 1. The van der Waals surface area contributed by atoms with Crippen molar-refractivity contribution in [3.8, 4) is 11.1 Å². The van der Waals surface area contributed by atoms with Crippen LogP contribution < -0.4 is 5.32 Å². The quantitative estimate of drug-likeness (QED) is 0.508. The molecule has 0 aliphatic rings. The van der Waals surface area contributed by atoms with Crippen molar-refractivity contribution >= 4 is 29.2 Å². The van der Waals surface area contributed by atoms with Crippen LogP contribution in [0.2, 0.25) is 5.02 Å². The lowest BCUT2D eigenvalue weighted by molar-refractivity contribution is 0.0698. The minimum absolute atomic E-state index is 0.0393. The highest BCUT2D eigenvalue weighted by atomic mass is 35.5. The molecule has 3 aromatic rings. The Kier molecular flexibility index (Phi) is 5.94. The molecule has 3 rings (SSSR count). The van der Waals surface area contributed by atoms with Crippen molar-refractivity contribution in [3.05, 3.63) is 88.2 Å². The summed E-state index contributed by atoms with van der Waals surface area (Å²) in [5.41, 5.74) is 1.67. The van der Waals surface area contributed by atoms with Crippen LogP contribution in [0.4, 0.5) is 10.1 Å². The van der Waals surface area contributed by atoms with Gasteiger partial charge in [-0.3, -0.25) is 4.79 Å². The summed E-state index contributed by atoms with van der Waals surface area (Å²) in [6.45, 7) is 6.21. The van der Waals surface area contributed by atoms with E-state index in [1.54, 1.807) is 18.2 Å². The molecule has 6 heteroatoms. The number of carbonyl (C=O) groups excluding carboxylic acids is 1. The van der Waals surface area contributed by atoms with Gasteiger partial charge in [-0.1, -0.05) is 62.7 Å². The number of anilines is 1. The van der Waals surface area contributed by atoms with E-state index in [1.807, 2.05) is 12.1 Å². The van der Waals surface area contributed by atoms with Gasteiger partial charge < -0.3 is 10.4 Å². The van der Waals surface area contributed by atoms with Crippen molar-refractivity contribution < 1.29 is 19.1 Å². The standard InChI is InChI=1S/C24H21ClFNO3/c1-24(2,3)15-10-8-14(9-11-15)22(28)27-21-13-19(25)17(12-18(21)23(29)30)16-6-4-5-7-20(16)26/h4-13H,1-3H3,(H,27,28)(H,29,30). The Morgan fingerprint density at radius 2 is 1.60 bits per heavy atom. The number of benzene rings is 3. The summed E-state index contributed by atoms with van der Waals surface area (Å²) in [6, 6.07) is 15.6. The van der Waals surface area contributed by atoms with Crippen LogP contribution in [-0.2, 0) is 5.41 Å². The van der Waals surface area contributed by atoms with E-state index in [1.165, 1.54) is 30.3 Å². The first-order chi connectivity index (χ1) is 14.1. The Labute approximate surface area is 179 Å². The fourth-order valence-corrected chi connectivity index (χ4v) is 3.32. The first kappa shape index (κ1) is 21.5. The summed E-state index contributed by atoms with van der Waals surface area (Å²) in [5, 5.41) is 12.3. The zero-order chi connectivity index (χ0) is 22.1. The van der Waals surface area contributed by atoms with Gasteiger partial charge in [-0.15, -0.1) is 0 Å². The number of carboxylic acid groups (broad SMARTS) is 1. The van der Waals surface area contributed by atoms with E-state index in [0.717, 1.165) is 5.56 Å². The van der Waals surface area contributed by atoms with Crippen molar-refractivity contribution in [1.82, 2.24) is 0 Å². The van der Waals surface area contributed by atoms with Gasteiger partial charge in [0.1, 0.15) is 5.82 Å². The third kappa shape index (κ3) is 4.52. The summed E-state index contributed by atoms with van der Waals surface area (Å²) in [7, 11) is 0. The smallest absolute Gasteiger partial charge is 0.337 e. The molecule has 0 fully saturated rings. The second-order valence-corrected chi connectivity index (χ2v) is 8.35. The van der Waals surface area contributed by atoms with Gasteiger partial charge in [-0.05, 0) is 41.3 Å². The molecule has 154 valence electrons. The maximum atomic E-state index is 14.2. The van der Waals surface area contributed by atoms with E-state index in [9.17, 15) is 19.1 Å². The first-order valence-electron chi connectivity index (χ1n) is 9.31. The van der Waals surface area contributed by atoms with Crippen LogP contribution in [0.3, 0.4) is 0 Å². The normalized spacial score (nSPS) is 11.2. The Morgan fingerprint density at radius 3 is 2.17 bits per heavy atom. The number of rotatable bonds is 4. The van der Waals surface area contributed by atoms with Gasteiger partial charge in [0.15, 0.2) is 0 Å². The van der Waals surface area contributed by atoms with Crippen LogP contribution in [-0.4, -0.2) is 17.0 Å². The monoisotopic (exact) mass is 425 g/mol. The fraction of sp³-hybridized carbons (Fsp3) is 0.167. The minimum Gasteiger partial charge on any atom is -0.478 e. The lowest BCUT2D eigenvalue weighted by Crippen LogP contribution is -2.16. The second kappa shape index (κ2) is 8.28. The zero-order valence-corrected chi connectivity index (χ0v) is 17.5. The van der Waals surface area contributed by atoms with E-state index in [-0.39, 0.29) is 32.8 Å². The molecule has 0 spiro atoms. The Hall–Kier alpha value is -3.18. The third-order valence-corrected chi connectivity index (χ3v) is 5.08. The molecule has 0 heterocycles. The highest BCUT2D eigenvalue weighted by molar-refractivity contribution is 6.34. The number of hydrogen-bond donors (Lipinski definition) is 2. The topological polar surface area (TPSA) is 66.4 Å². The Morgan fingerprint density at radius 1 is 0.967 bits per heavy atom. The highest BCUT2D eigenvalue weighted by Crippen LogP contribution is 2.35. The van der Waals surface area contributed by atoms with Crippen LogP contribution >= 0.6 is 11.6 Å². The van der Waals surface area contributed by atoms with Crippen LogP contribution in [0.5, 0.6) is 0 Å². The molecule has 2 N–H and O–H groups in total. The van der Waals surface area contributed by atoms with Crippen molar-refractivity contribution in [2.75, 3.05) is 5.32 Å². The maximum Gasteiger partial charge on any atom is 0.337 e. The van der Waals surface area contributed by atoms with E-state index in [0.29, 0.717) is 5.56 Å². The van der Waals surface area contributed by atoms with Gasteiger partial charge in [-0.2, -0.15) is 0 Å². The van der Waals surface area contributed by atoms with Crippen molar-refractivity contribution in [2.24, 2.45) is 0 Å². The average molecular weight is 426 g/mol. The molecule has 0 atom stereocenters. The summed E-state index contributed by atoms with van der Waals surface area (Å²) in [6.07, 6.45) is 0. The lowest BCUT2D eigenvalue weighted by atomic mass is 9.86. The van der Waals surface area contributed by atoms with Crippen LogP contribution in [0.25, 0.3) is 11.1 Å². The largest absolute Gasteiger partial charge is 0.478 e. The van der Waals surface area contributed by atoms with Gasteiger partial charge in [-0.25, -0.2) is 9.18 Å². The molecule has 0 aliphatic carbocycles. The molecule has 0 aromatic heterocycles. The van der Waals surface area contributed by atoms with Crippen LogP contribution in [0.15, 0.2) is 60.7 Å². The van der Waals surface area contributed by atoms with Gasteiger partial charge >= 0.3 is 5.97 Å². The van der Waals surface area contributed by atoms with Crippen molar-refractivity contribution in [1.29, 1.82) is 0 Å². The lowest BCUT2D eigenvalue weighted by Gasteiger charge is -2.19. The fourth-order valence-electron chi connectivity index (χ4n) is 3.06. The molecule has 0 unspecified atom stereocenters. The van der Waals surface area contributed by atoms with Crippen LogP contribution in [0.1, 0.15) is 47.1 Å². The molecule has 0 bridgehead atoms. The molecular weight excluding hydrogens is 405 g/mol. The number of amides is 1. The molecule has 1 amide bonds. The SMILES string of the molecule is CC(C)(C)c1ccc(C(=O)Nc2cc(Cl)c(-c3ccccc3F)cc2C(=O)O)cc1. The van der Waals surface area contributed by atoms with E-state index in [2.05, 4.69) is 26.1 Å². The number of carboxylic acids is 1. The number of carbonyl (C=O) groups is 2. The predicted octanol–water partition coefficient (Wildman–Crippen LogP) is 6.39. The van der Waals surface area contributed by atoms with E-state index >= 15 is 0 Å². The van der Waals surface area contributed by atoms with Gasteiger partial charge in [0, 0.05) is 16.7 Å². The summed E-state index contributed by atoms with van der Waals surface area (Å²) in [5.74, 6) is -2.25. The number of halogens is 2. The second-order valence-electron chi connectivity index (χ2n) is 7.94. The predicted molar refractivity (Wildman–Crippen MR) is 117 cm³/mol. The summed E-state index contributed by atoms with van der Waals surface area (Å²) >= 11 is 6.30. The summed E-state index contributed by atoms with van der Waals surface area (Å²) < 4.78 is 14.2. The average Bonchev–Trinajstić information content (AvgIpc) is 2.68. The van der Waals surface area contributed by atoms with Crippen LogP contribution in [0, 0.1) is 5.82 Å². The Bertz CT molecular complexity index is 1120. The zero-order valence-electron chi connectivity index (χ0n) is 16.8. The highest BCUT2D eigenvalue weighted by Gasteiger charge is 2.20. The van der Waals surface area contributed by atoms with Crippen molar-refractivity contribution in [3.63, 3.8) is 0 Å². The minimum atomic E-state index is -1.26. The molecule has 0 saturated heterocycles. The maximum absolute atomic E-state index is 14.2. The first-order valence-corrected chi connectivity index (χ1v) is 9.69. The third-order valence-electron chi connectivity index (χ3n) is 4.76. The number of aromatic carboxylic acids is 1. The Balaban J connectivity index is 1.96. The van der Waals surface area contributed by atoms with E-state index < -0.39 is 17.7 Å². The van der Waals surface area contributed by atoms with Gasteiger partial charge in [0.2, 0.25) is 0 Å². The molecule has 4 nitrogen and oxygen atoms in total. The van der Waals surface area contributed by atoms with Gasteiger partial charge in [0.25, 0.3) is 5.91 Å². The molecule has 0 aliphatic heterocycles. The molecule has 0 saturated carbocycles. The molecule has 3 aromatic carbocycles. The van der Waals surface area contributed by atoms with E-state index in [4.69, 9.17) is 11.6 Å². The van der Waals surface area contributed by atoms with Gasteiger partial charge in [0.05, 0.1) is 16.3 Å². The molecule has 30 heavy (non-hydrogen) atoms. The number of hydrogen-bond acceptors (Lipinski definition) is 2. The van der Waals surface area contributed by atoms with Crippen molar-refractivity contribution in [2.45, 2.75) is 26.2 Å². The molecule has 0 radical (unpaired) electrons. The summed E-state index contributed by atoms with van der Waals surface area (Å²) in [4.78, 5) is 24.4. The molecular formula is C24H21ClFNO3.